The van der Waals surface area contributed by atoms with E-state index in [0.29, 0.717) is 6.61 Å². The van der Waals surface area contributed by atoms with E-state index in [1.165, 1.54) is 16.7 Å². The van der Waals surface area contributed by atoms with E-state index in [-0.39, 0.29) is 11.5 Å². The van der Waals surface area contributed by atoms with Crippen LogP contribution in [0.2, 0.25) is 0 Å². The van der Waals surface area contributed by atoms with Crippen LogP contribution in [-0.4, -0.2) is 12.6 Å². The Kier molecular flexibility index (Phi) is 4.80. The van der Waals surface area contributed by atoms with Gasteiger partial charge in [0.2, 0.25) is 0 Å². The van der Waals surface area contributed by atoms with Gasteiger partial charge in [-0.2, -0.15) is 0 Å². The van der Waals surface area contributed by atoms with Crippen LogP contribution in [-0.2, 0) is 11.8 Å². The fourth-order valence-electron chi connectivity index (χ4n) is 2.15. The van der Waals surface area contributed by atoms with Crippen LogP contribution in [0.4, 0.5) is 0 Å². The van der Waals surface area contributed by atoms with Gasteiger partial charge >= 0.3 is 0 Å². The molecule has 0 saturated heterocycles. The maximum absolute atomic E-state index is 5.92. The van der Waals surface area contributed by atoms with Gasteiger partial charge in [0.05, 0.1) is 6.61 Å². The summed E-state index contributed by atoms with van der Waals surface area (Å²) < 4.78 is 5.77. The Labute approximate surface area is 112 Å². The molecular weight excluding hydrogens is 222 g/mol. The summed E-state index contributed by atoms with van der Waals surface area (Å²) in [5.74, 6) is 1.01. The van der Waals surface area contributed by atoms with Gasteiger partial charge in [-0.25, -0.2) is 0 Å². The molecule has 1 unspecified atom stereocenters. The first-order valence-corrected chi connectivity index (χ1v) is 6.78. The van der Waals surface area contributed by atoms with E-state index in [1.807, 2.05) is 13.8 Å². The summed E-state index contributed by atoms with van der Waals surface area (Å²) >= 11 is 0. The lowest BCUT2D eigenvalue weighted by atomic mass is 9.83. The molecule has 1 atom stereocenters. The van der Waals surface area contributed by atoms with Crippen molar-refractivity contribution in [3.05, 3.63) is 28.8 Å². The molecule has 2 N–H and O–H groups in total. The lowest BCUT2D eigenvalue weighted by Gasteiger charge is -2.25. The second-order valence-corrected chi connectivity index (χ2v) is 6.14. The second kappa shape index (κ2) is 5.75. The minimum absolute atomic E-state index is 0.0881. The van der Waals surface area contributed by atoms with Crippen molar-refractivity contribution >= 4 is 0 Å². The molecule has 1 aromatic rings. The Morgan fingerprint density at radius 2 is 1.89 bits per heavy atom. The van der Waals surface area contributed by atoms with Gasteiger partial charge in [-0.05, 0) is 55.4 Å². The highest BCUT2D eigenvalue weighted by Gasteiger charge is 2.20. The zero-order valence-electron chi connectivity index (χ0n) is 12.6. The van der Waals surface area contributed by atoms with Gasteiger partial charge < -0.3 is 10.5 Å². The van der Waals surface area contributed by atoms with Crippen LogP contribution in [0.25, 0.3) is 0 Å². The number of hydrogen-bond acceptors (Lipinski definition) is 2. The first-order valence-electron chi connectivity index (χ1n) is 6.78. The van der Waals surface area contributed by atoms with Crippen LogP contribution in [0.1, 0.15) is 51.3 Å². The molecule has 0 spiro atoms. The molecule has 2 nitrogen and oxygen atoms in total. The lowest BCUT2D eigenvalue weighted by Crippen LogP contribution is -2.20. The summed E-state index contributed by atoms with van der Waals surface area (Å²) in [4.78, 5) is 0. The molecule has 0 aliphatic carbocycles. The van der Waals surface area contributed by atoms with Crippen molar-refractivity contribution in [3.63, 3.8) is 0 Å². The molecule has 0 radical (unpaired) electrons. The topological polar surface area (TPSA) is 35.2 Å². The monoisotopic (exact) mass is 249 g/mol. The molecule has 0 amide bonds. The number of hydrogen-bond donors (Lipinski definition) is 1. The van der Waals surface area contributed by atoms with Crippen LogP contribution in [0, 0.1) is 6.92 Å². The van der Waals surface area contributed by atoms with E-state index < -0.39 is 0 Å². The molecule has 0 aliphatic heterocycles. The molecule has 0 aromatic heterocycles. The van der Waals surface area contributed by atoms with Gasteiger partial charge in [-0.3, -0.25) is 0 Å². The van der Waals surface area contributed by atoms with Gasteiger partial charge in [0.25, 0.3) is 0 Å². The molecular formula is C16H27NO. The second-order valence-electron chi connectivity index (χ2n) is 6.14. The number of aryl methyl sites for hydroxylation is 1. The van der Waals surface area contributed by atoms with E-state index in [4.69, 9.17) is 10.5 Å². The number of nitrogens with two attached hydrogens (primary N) is 1. The Morgan fingerprint density at radius 1 is 1.28 bits per heavy atom. The summed E-state index contributed by atoms with van der Waals surface area (Å²) in [5, 5.41) is 0. The van der Waals surface area contributed by atoms with Crippen LogP contribution >= 0.6 is 0 Å². The van der Waals surface area contributed by atoms with Crippen LogP contribution < -0.4 is 10.5 Å². The van der Waals surface area contributed by atoms with E-state index in [0.717, 1.165) is 12.2 Å². The van der Waals surface area contributed by atoms with Crippen molar-refractivity contribution in [2.45, 2.75) is 59.4 Å². The predicted octanol–water partition coefficient (Wildman–Crippen LogP) is 3.58. The standard InChI is InChI=1S/C16H27NO/c1-7-18-15-8-11(2)13(9-12(3)17)10-14(15)16(4,5)6/h8,10,12H,7,9,17H2,1-6H3. The van der Waals surface area contributed by atoms with Crippen LogP contribution in [0.3, 0.4) is 0 Å². The van der Waals surface area contributed by atoms with Crippen molar-refractivity contribution in [1.82, 2.24) is 0 Å². The Bertz CT molecular complexity index is 402. The van der Waals surface area contributed by atoms with E-state index in [1.54, 1.807) is 0 Å². The lowest BCUT2D eigenvalue weighted by molar-refractivity contribution is 0.329. The van der Waals surface area contributed by atoms with Crippen molar-refractivity contribution < 1.29 is 4.74 Å². The fourth-order valence-corrected chi connectivity index (χ4v) is 2.15. The first-order chi connectivity index (χ1) is 8.25. The highest BCUT2D eigenvalue weighted by atomic mass is 16.5. The Hall–Kier alpha value is -1.02. The van der Waals surface area contributed by atoms with Crippen molar-refractivity contribution in [3.8, 4) is 5.75 Å². The highest BCUT2D eigenvalue weighted by molar-refractivity contribution is 5.46. The third kappa shape index (κ3) is 3.74. The minimum atomic E-state index is 0.0881. The zero-order chi connectivity index (χ0) is 13.9. The SMILES string of the molecule is CCOc1cc(C)c(CC(C)N)cc1C(C)(C)C. The van der Waals surface area contributed by atoms with Gasteiger partial charge in [0.1, 0.15) is 5.75 Å². The fraction of sp³-hybridized carbons (Fsp3) is 0.625. The first kappa shape index (κ1) is 15.0. The quantitative estimate of drug-likeness (QED) is 0.885. The number of ether oxygens (including phenoxy) is 1. The molecule has 1 aromatic carbocycles. The normalized spacial score (nSPS) is 13.5. The maximum Gasteiger partial charge on any atom is 0.123 e. The maximum atomic E-state index is 5.92. The van der Waals surface area contributed by atoms with Crippen LogP contribution in [0.15, 0.2) is 12.1 Å². The van der Waals surface area contributed by atoms with Crippen molar-refractivity contribution in [1.29, 1.82) is 0 Å². The van der Waals surface area contributed by atoms with Gasteiger partial charge in [-0.1, -0.05) is 26.8 Å². The van der Waals surface area contributed by atoms with Crippen molar-refractivity contribution in [2.75, 3.05) is 6.61 Å². The van der Waals surface area contributed by atoms with E-state index in [9.17, 15) is 0 Å². The summed E-state index contributed by atoms with van der Waals surface area (Å²) in [6, 6.07) is 4.61. The largest absolute Gasteiger partial charge is 0.494 e. The molecule has 0 bridgehead atoms. The molecule has 2 heteroatoms. The average molecular weight is 249 g/mol. The molecule has 0 aliphatic rings. The molecule has 0 heterocycles. The zero-order valence-corrected chi connectivity index (χ0v) is 12.6. The van der Waals surface area contributed by atoms with Crippen LogP contribution in [0.5, 0.6) is 5.75 Å². The van der Waals surface area contributed by atoms with Gasteiger partial charge in [0.15, 0.2) is 0 Å². The van der Waals surface area contributed by atoms with Crippen molar-refractivity contribution in [2.24, 2.45) is 5.73 Å². The summed E-state index contributed by atoms with van der Waals surface area (Å²) in [5.41, 5.74) is 9.87. The average Bonchev–Trinajstić information content (AvgIpc) is 2.20. The third-order valence-corrected chi connectivity index (χ3v) is 3.09. The Balaban J connectivity index is 3.26. The molecule has 0 fully saturated rings. The smallest absolute Gasteiger partial charge is 0.123 e. The molecule has 0 saturated carbocycles. The van der Waals surface area contributed by atoms with Gasteiger partial charge in [-0.15, -0.1) is 0 Å². The Morgan fingerprint density at radius 3 is 2.33 bits per heavy atom. The number of rotatable bonds is 4. The highest BCUT2D eigenvalue weighted by Crippen LogP contribution is 2.34. The molecule has 1 rings (SSSR count). The molecule has 102 valence electrons. The van der Waals surface area contributed by atoms with E-state index in [2.05, 4.69) is 39.8 Å². The molecule has 18 heavy (non-hydrogen) atoms. The summed E-state index contributed by atoms with van der Waals surface area (Å²) in [7, 11) is 0. The summed E-state index contributed by atoms with van der Waals surface area (Å²) in [6.45, 7) is 13.6. The summed E-state index contributed by atoms with van der Waals surface area (Å²) in [6.07, 6.45) is 0.918. The third-order valence-electron chi connectivity index (χ3n) is 3.09. The predicted molar refractivity (Wildman–Crippen MR) is 78.4 cm³/mol. The van der Waals surface area contributed by atoms with E-state index >= 15 is 0 Å². The number of benzene rings is 1. The minimum Gasteiger partial charge on any atom is -0.494 e. The van der Waals surface area contributed by atoms with Gasteiger partial charge in [0, 0.05) is 6.04 Å².